The smallest absolute Gasteiger partial charge is 0.147 e. The van der Waals surface area contributed by atoms with Crippen LogP contribution in [0.15, 0.2) is 133 Å². The van der Waals surface area contributed by atoms with Gasteiger partial charge in [0.15, 0.2) is 0 Å². The predicted molar refractivity (Wildman–Crippen MR) is 236 cm³/mol. The van der Waals surface area contributed by atoms with E-state index in [1.165, 1.54) is 5.56 Å². The van der Waals surface area contributed by atoms with Crippen molar-refractivity contribution >= 4 is 22.1 Å². The number of hydrogen-bond donors (Lipinski definition) is 2. The van der Waals surface area contributed by atoms with Gasteiger partial charge >= 0.3 is 0 Å². The second-order valence-electron chi connectivity index (χ2n) is 18.2. The van der Waals surface area contributed by atoms with Gasteiger partial charge in [-0.3, -0.25) is 0 Å². The quantitative estimate of drug-likeness (QED) is 0.175. The van der Waals surface area contributed by atoms with Crippen LogP contribution in [0.25, 0.3) is 33.4 Å². The Kier molecular flexibility index (Phi) is 10.3. The van der Waals surface area contributed by atoms with Crippen LogP contribution in [0.1, 0.15) is 103 Å². The van der Waals surface area contributed by atoms with E-state index < -0.39 is 5.41 Å². The van der Waals surface area contributed by atoms with Gasteiger partial charge in [0.1, 0.15) is 44.9 Å². The van der Waals surface area contributed by atoms with Gasteiger partial charge in [-0.05, 0) is 69.5 Å². The lowest BCUT2D eigenvalue weighted by atomic mass is 9.72. The maximum absolute atomic E-state index is 11.6. The lowest BCUT2D eigenvalue weighted by Crippen LogP contribution is -2.24. The Bertz CT molecular complexity index is 2650. The number of nitrogens with zero attached hydrogens (tertiary/aromatic N) is 6. The topological polar surface area (TPSA) is 102 Å². The Morgan fingerprint density at radius 3 is 1.10 bits per heavy atom. The van der Waals surface area contributed by atoms with Gasteiger partial charge in [-0.1, -0.05) is 166 Å². The second-order valence-corrected chi connectivity index (χ2v) is 18.2. The van der Waals surface area contributed by atoms with Gasteiger partial charge in [0, 0.05) is 22.0 Å². The molecule has 2 aromatic heterocycles. The first-order chi connectivity index (χ1) is 27.4. The van der Waals surface area contributed by atoms with E-state index in [-0.39, 0.29) is 27.7 Å². The van der Waals surface area contributed by atoms with Crippen molar-refractivity contribution in [2.45, 2.75) is 90.9 Å². The number of aromatic hydroxyl groups is 2. The normalized spacial score (nSPS) is 12.4. The number of fused-ring (bicyclic) bond motifs is 2. The van der Waals surface area contributed by atoms with Crippen LogP contribution < -0.4 is 0 Å². The molecule has 2 N–H and O–H groups in total. The standard InChI is InChI=1S/C30H29N3O.C20H25N3O/c1-29(2,21-13-7-5-8-14-21)23-19-24(30(3,4)22-15-9-6-10-16-22)28(34)27(20-23)33-31-25-17-11-12-18-26(25)32-33;1-19(2,3)13-11-14(20(4,5)6)18(24)17(12-13)23-21-15-9-7-8-10-16(15)22-23/h5-20,34H,1-4H3;7-12,24H,1-6H3. The molecule has 8 nitrogen and oxygen atoms in total. The lowest BCUT2D eigenvalue weighted by Gasteiger charge is -2.32. The summed E-state index contributed by atoms with van der Waals surface area (Å²) in [6, 6.07) is 44.5. The molecule has 0 atom stereocenters. The minimum atomic E-state index is -0.435. The molecule has 58 heavy (non-hydrogen) atoms. The SMILES string of the molecule is CC(C)(C)c1cc(-n2nc3ccccc3n2)c(O)c(C(C)(C)C)c1.CC(C)(c1ccccc1)c1cc(-n2nc3ccccc3n2)c(O)c(C(C)(C)c2ccccc2)c1. The zero-order chi connectivity index (χ0) is 41.6. The molecule has 2 heterocycles. The van der Waals surface area contributed by atoms with Crippen LogP contribution in [-0.2, 0) is 21.7 Å². The molecule has 0 bridgehead atoms. The van der Waals surface area contributed by atoms with Crippen LogP contribution in [-0.4, -0.2) is 40.2 Å². The maximum Gasteiger partial charge on any atom is 0.147 e. The summed E-state index contributed by atoms with van der Waals surface area (Å²) in [6.45, 7) is 21.5. The molecule has 0 aliphatic carbocycles. The fourth-order valence-electron chi connectivity index (χ4n) is 7.35. The van der Waals surface area contributed by atoms with Gasteiger partial charge in [0.25, 0.3) is 0 Å². The zero-order valence-electron chi connectivity index (χ0n) is 35.3. The van der Waals surface area contributed by atoms with Gasteiger partial charge in [-0.2, -0.15) is 0 Å². The van der Waals surface area contributed by atoms with Crippen molar-refractivity contribution in [1.29, 1.82) is 0 Å². The van der Waals surface area contributed by atoms with E-state index in [0.717, 1.165) is 49.9 Å². The molecule has 6 aromatic carbocycles. The third-order valence-electron chi connectivity index (χ3n) is 11.2. The van der Waals surface area contributed by atoms with E-state index in [9.17, 15) is 10.2 Å². The summed E-state index contributed by atoms with van der Waals surface area (Å²) in [7, 11) is 0. The van der Waals surface area contributed by atoms with E-state index >= 15 is 0 Å². The largest absolute Gasteiger partial charge is 0.505 e. The fraction of sp³-hybridized carbons (Fsp3) is 0.280. The molecule has 0 aliphatic heterocycles. The molecular formula is C50H54N6O2. The summed E-state index contributed by atoms with van der Waals surface area (Å²) in [5, 5.41) is 41.0. The van der Waals surface area contributed by atoms with E-state index in [4.69, 9.17) is 0 Å². The van der Waals surface area contributed by atoms with E-state index in [1.54, 1.807) is 9.59 Å². The van der Waals surface area contributed by atoms with Crippen molar-refractivity contribution in [2.75, 3.05) is 0 Å². The van der Waals surface area contributed by atoms with Crippen molar-refractivity contribution in [3.63, 3.8) is 0 Å². The van der Waals surface area contributed by atoms with Crippen molar-refractivity contribution < 1.29 is 10.2 Å². The number of aromatic nitrogens is 6. The average molecular weight is 771 g/mol. The third-order valence-corrected chi connectivity index (χ3v) is 11.2. The minimum Gasteiger partial charge on any atom is -0.505 e. The summed E-state index contributed by atoms with van der Waals surface area (Å²) in [6.07, 6.45) is 0. The highest BCUT2D eigenvalue weighted by molar-refractivity contribution is 5.75. The van der Waals surface area contributed by atoms with Crippen LogP contribution in [0.5, 0.6) is 11.5 Å². The number of rotatable bonds is 6. The molecule has 0 saturated heterocycles. The minimum absolute atomic E-state index is 0.0327. The van der Waals surface area contributed by atoms with Gasteiger partial charge in [0.05, 0.1) is 0 Å². The van der Waals surface area contributed by atoms with Gasteiger partial charge < -0.3 is 10.2 Å². The Labute approximate surface area is 341 Å². The molecular weight excluding hydrogens is 717 g/mol. The monoisotopic (exact) mass is 770 g/mol. The summed E-state index contributed by atoms with van der Waals surface area (Å²) >= 11 is 0. The lowest BCUT2D eigenvalue weighted by molar-refractivity contribution is 0.438. The number of benzene rings is 6. The summed E-state index contributed by atoms with van der Waals surface area (Å²) < 4.78 is 0. The Balaban J connectivity index is 0.000000188. The number of phenols is 2. The molecule has 0 unspecified atom stereocenters. The van der Waals surface area contributed by atoms with Crippen LogP contribution in [0.3, 0.4) is 0 Å². The molecule has 0 saturated carbocycles. The third kappa shape index (κ3) is 7.71. The number of phenolic OH excluding ortho intramolecular Hbond substituents is 2. The first-order valence-electron chi connectivity index (χ1n) is 19.9. The van der Waals surface area contributed by atoms with Crippen molar-refractivity contribution in [1.82, 2.24) is 30.0 Å². The molecule has 8 rings (SSSR count). The molecule has 0 aliphatic rings. The summed E-state index contributed by atoms with van der Waals surface area (Å²) in [5.74, 6) is 0.442. The zero-order valence-corrected chi connectivity index (χ0v) is 35.3. The first-order valence-corrected chi connectivity index (χ1v) is 19.9. The first kappa shape index (κ1) is 39.9. The molecule has 296 valence electrons. The highest BCUT2D eigenvalue weighted by atomic mass is 16.3. The molecule has 8 aromatic rings. The highest BCUT2D eigenvalue weighted by Crippen LogP contribution is 2.44. The van der Waals surface area contributed by atoms with Crippen LogP contribution in [0.2, 0.25) is 0 Å². The van der Waals surface area contributed by atoms with Crippen molar-refractivity contribution in [2.24, 2.45) is 0 Å². The van der Waals surface area contributed by atoms with E-state index in [1.807, 2.05) is 84.9 Å². The number of hydrogen-bond acceptors (Lipinski definition) is 6. The molecule has 0 fully saturated rings. The van der Waals surface area contributed by atoms with Gasteiger partial charge in [-0.15, -0.1) is 30.0 Å². The maximum atomic E-state index is 11.6. The summed E-state index contributed by atoms with van der Waals surface area (Å²) in [5.41, 5.74) is 9.81. The van der Waals surface area contributed by atoms with Crippen molar-refractivity contribution in [3.8, 4) is 22.9 Å². The Morgan fingerprint density at radius 2 is 0.707 bits per heavy atom. The van der Waals surface area contributed by atoms with Gasteiger partial charge in [0.2, 0.25) is 0 Å². The highest BCUT2D eigenvalue weighted by Gasteiger charge is 2.33. The Hall–Kier alpha value is -6.28. The van der Waals surface area contributed by atoms with E-state index in [0.29, 0.717) is 11.4 Å². The molecule has 0 radical (unpaired) electrons. The van der Waals surface area contributed by atoms with Crippen LogP contribution in [0, 0.1) is 0 Å². The Morgan fingerprint density at radius 1 is 0.362 bits per heavy atom. The van der Waals surface area contributed by atoms with Crippen LogP contribution in [0.4, 0.5) is 0 Å². The fourth-order valence-corrected chi connectivity index (χ4v) is 7.35. The molecule has 0 spiro atoms. The van der Waals surface area contributed by atoms with Crippen molar-refractivity contribution in [3.05, 3.63) is 167 Å². The van der Waals surface area contributed by atoms with Gasteiger partial charge in [-0.25, -0.2) is 0 Å². The molecule has 0 amide bonds. The average Bonchev–Trinajstić information content (AvgIpc) is 3.83. The van der Waals surface area contributed by atoms with Crippen LogP contribution >= 0.6 is 0 Å². The predicted octanol–water partition coefficient (Wildman–Crippen LogP) is 11.5. The summed E-state index contributed by atoms with van der Waals surface area (Å²) in [4.78, 5) is 3.11. The second kappa shape index (κ2) is 14.9. The van der Waals surface area contributed by atoms with E-state index in [2.05, 4.69) is 138 Å². The molecule has 8 heteroatoms.